The van der Waals surface area contributed by atoms with Gasteiger partial charge in [-0.15, -0.1) is 6.58 Å². The van der Waals surface area contributed by atoms with Gasteiger partial charge < -0.3 is 10.2 Å². The molecule has 1 aromatic rings. The third kappa shape index (κ3) is 4.14. The van der Waals surface area contributed by atoms with E-state index < -0.39 is 0 Å². The molecule has 25 heavy (non-hydrogen) atoms. The smallest absolute Gasteiger partial charge is 0.0877 e. The molecule has 0 unspecified atom stereocenters. The van der Waals surface area contributed by atoms with Gasteiger partial charge in [0.25, 0.3) is 0 Å². The zero-order chi connectivity index (χ0) is 17.8. The van der Waals surface area contributed by atoms with Gasteiger partial charge in [-0.25, -0.2) is 0 Å². The second kappa shape index (κ2) is 8.18. The van der Waals surface area contributed by atoms with Crippen molar-refractivity contribution < 1.29 is 4.74 Å². The van der Waals surface area contributed by atoms with Crippen LogP contribution in [0, 0.1) is 17.8 Å². The summed E-state index contributed by atoms with van der Waals surface area (Å²) >= 11 is 0. The van der Waals surface area contributed by atoms with Crippen molar-refractivity contribution in [3.05, 3.63) is 48.6 Å². The molecule has 1 N–H and O–H groups in total. The van der Waals surface area contributed by atoms with E-state index in [-0.39, 0.29) is 12.0 Å². The number of hydrazone groups is 1. The van der Waals surface area contributed by atoms with E-state index in [0.717, 1.165) is 11.6 Å². The topological polar surface area (TPSA) is 33.6 Å². The molecule has 0 saturated heterocycles. The minimum Gasteiger partial charge on any atom is -0.372 e. The Morgan fingerprint density at radius 3 is 2.72 bits per heavy atom. The molecule has 1 saturated carbocycles. The number of benzene rings is 1. The Morgan fingerprint density at radius 2 is 2.04 bits per heavy atom. The summed E-state index contributed by atoms with van der Waals surface area (Å²) in [6, 6.07) is 10.7. The molecule has 0 spiro atoms. The molecule has 1 aliphatic heterocycles. The second-order valence-corrected chi connectivity index (χ2v) is 8.06. The van der Waals surface area contributed by atoms with Crippen molar-refractivity contribution in [3.8, 4) is 0 Å². The zero-order valence-electron chi connectivity index (χ0n) is 15.8. The van der Waals surface area contributed by atoms with Crippen LogP contribution in [0.1, 0.15) is 51.5 Å². The number of hydrogen-bond donors (Lipinski definition) is 1. The van der Waals surface area contributed by atoms with Gasteiger partial charge in [0.1, 0.15) is 0 Å². The van der Waals surface area contributed by atoms with E-state index in [1.807, 2.05) is 6.08 Å². The average Bonchev–Trinajstić information content (AvgIpc) is 3.03. The second-order valence-electron chi connectivity index (χ2n) is 8.06. The maximum atomic E-state index is 6.45. The highest BCUT2D eigenvalue weighted by Crippen LogP contribution is 2.36. The minimum atomic E-state index is 0.146. The predicted molar refractivity (Wildman–Crippen MR) is 105 cm³/mol. The van der Waals surface area contributed by atoms with Crippen LogP contribution < -0.4 is 5.43 Å². The molecule has 5 atom stereocenters. The predicted octanol–water partition coefficient (Wildman–Crippen LogP) is 4.76. The van der Waals surface area contributed by atoms with Crippen LogP contribution in [0.5, 0.6) is 0 Å². The molecule has 3 heteroatoms. The summed E-state index contributed by atoms with van der Waals surface area (Å²) in [5.74, 6) is 2.32. The summed E-state index contributed by atoms with van der Waals surface area (Å²) in [4.78, 5) is 0. The number of rotatable bonds is 6. The highest BCUT2D eigenvalue weighted by Gasteiger charge is 2.35. The maximum Gasteiger partial charge on any atom is 0.0877 e. The fourth-order valence-corrected chi connectivity index (χ4v) is 4.38. The van der Waals surface area contributed by atoms with Gasteiger partial charge in [0.2, 0.25) is 0 Å². The number of nitrogens with zero attached hydrogens (tertiary/aromatic N) is 1. The van der Waals surface area contributed by atoms with Crippen LogP contribution in [0.4, 0.5) is 0 Å². The van der Waals surface area contributed by atoms with E-state index >= 15 is 0 Å². The van der Waals surface area contributed by atoms with Crippen molar-refractivity contribution in [1.82, 2.24) is 5.43 Å². The molecule has 136 valence electrons. The standard InChI is InChI=1S/C22H32N2O/c1-5-19-22(17-9-7-6-8-10-17)20(24-23-19)14-25-21-13-16(4)11-12-18(21)15(2)3/h5-10,15-16,18-19,21-23H,1,11-14H2,2-4H3/t16-,18+,19+,21-,22+/m1/s1. The molecule has 0 aromatic heterocycles. The Bertz CT molecular complexity index is 595. The van der Waals surface area contributed by atoms with Gasteiger partial charge in [0.05, 0.1) is 30.4 Å². The third-order valence-corrected chi connectivity index (χ3v) is 5.89. The van der Waals surface area contributed by atoms with Crippen LogP contribution in [0.15, 0.2) is 48.1 Å². The lowest BCUT2D eigenvalue weighted by Crippen LogP contribution is -2.36. The lowest BCUT2D eigenvalue weighted by molar-refractivity contribution is -0.0224. The Balaban J connectivity index is 1.69. The molecule has 1 fully saturated rings. The van der Waals surface area contributed by atoms with Crippen LogP contribution in [0.2, 0.25) is 0 Å². The van der Waals surface area contributed by atoms with E-state index in [4.69, 9.17) is 4.74 Å². The molecule has 1 heterocycles. The van der Waals surface area contributed by atoms with E-state index in [1.54, 1.807) is 0 Å². The van der Waals surface area contributed by atoms with Gasteiger partial charge in [-0.2, -0.15) is 5.10 Å². The molecule has 0 amide bonds. The van der Waals surface area contributed by atoms with Crippen molar-refractivity contribution in [3.63, 3.8) is 0 Å². The van der Waals surface area contributed by atoms with Crippen molar-refractivity contribution in [2.75, 3.05) is 6.61 Å². The highest BCUT2D eigenvalue weighted by molar-refractivity contribution is 5.94. The fourth-order valence-electron chi connectivity index (χ4n) is 4.38. The monoisotopic (exact) mass is 340 g/mol. The molecular weight excluding hydrogens is 308 g/mol. The summed E-state index contributed by atoms with van der Waals surface area (Å²) in [6.45, 7) is 11.6. The molecule has 3 nitrogen and oxygen atoms in total. The van der Waals surface area contributed by atoms with E-state index in [9.17, 15) is 0 Å². The lowest BCUT2D eigenvalue weighted by atomic mass is 9.75. The first-order valence-electron chi connectivity index (χ1n) is 9.71. The third-order valence-electron chi connectivity index (χ3n) is 5.89. The molecule has 1 aliphatic carbocycles. The van der Waals surface area contributed by atoms with Crippen LogP contribution in [0.25, 0.3) is 0 Å². The van der Waals surface area contributed by atoms with Crippen molar-refractivity contribution in [1.29, 1.82) is 0 Å². The highest BCUT2D eigenvalue weighted by atomic mass is 16.5. The molecule has 0 radical (unpaired) electrons. The zero-order valence-corrected chi connectivity index (χ0v) is 15.8. The fraction of sp³-hybridized carbons (Fsp3) is 0.591. The number of hydrogen-bond acceptors (Lipinski definition) is 3. The molecular formula is C22H32N2O. The molecule has 2 aliphatic rings. The number of ether oxygens (including phenoxy) is 1. The van der Waals surface area contributed by atoms with Gasteiger partial charge in [0.15, 0.2) is 0 Å². The quantitative estimate of drug-likeness (QED) is 0.757. The Labute approximate surface area is 152 Å². The van der Waals surface area contributed by atoms with Gasteiger partial charge in [-0.05, 0) is 36.2 Å². The summed E-state index contributed by atoms with van der Waals surface area (Å²) in [6.07, 6.45) is 6.09. The Hall–Kier alpha value is -1.61. The molecule has 0 bridgehead atoms. The summed E-state index contributed by atoms with van der Waals surface area (Å²) in [5.41, 5.74) is 5.59. The number of nitrogens with one attached hydrogen (secondary N) is 1. The van der Waals surface area contributed by atoms with Crippen molar-refractivity contribution >= 4 is 5.71 Å². The van der Waals surface area contributed by atoms with Crippen LogP contribution >= 0.6 is 0 Å². The van der Waals surface area contributed by atoms with Crippen molar-refractivity contribution in [2.45, 2.75) is 58.1 Å². The lowest BCUT2D eigenvalue weighted by Gasteiger charge is -2.37. The molecule has 1 aromatic carbocycles. The van der Waals surface area contributed by atoms with Gasteiger partial charge in [-0.1, -0.05) is 63.6 Å². The first kappa shape index (κ1) is 18.2. The van der Waals surface area contributed by atoms with E-state index in [0.29, 0.717) is 24.5 Å². The summed E-state index contributed by atoms with van der Waals surface area (Å²) in [7, 11) is 0. The average molecular weight is 341 g/mol. The van der Waals surface area contributed by atoms with Crippen LogP contribution in [-0.2, 0) is 4.74 Å². The van der Waals surface area contributed by atoms with Crippen LogP contribution in [0.3, 0.4) is 0 Å². The van der Waals surface area contributed by atoms with Gasteiger partial charge in [-0.3, -0.25) is 0 Å². The van der Waals surface area contributed by atoms with Crippen LogP contribution in [-0.4, -0.2) is 24.5 Å². The van der Waals surface area contributed by atoms with E-state index in [1.165, 1.54) is 24.8 Å². The largest absolute Gasteiger partial charge is 0.372 e. The SMILES string of the molecule is C=C[C@@H]1NN=C(CO[C@@H]2C[C@H](C)CC[C@H]2C(C)C)[C@H]1c1ccccc1. The Morgan fingerprint density at radius 1 is 1.28 bits per heavy atom. The van der Waals surface area contributed by atoms with Gasteiger partial charge in [0, 0.05) is 0 Å². The maximum absolute atomic E-state index is 6.45. The van der Waals surface area contributed by atoms with E-state index in [2.05, 4.69) is 68.2 Å². The summed E-state index contributed by atoms with van der Waals surface area (Å²) in [5, 5.41) is 4.59. The molecule has 3 rings (SSSR count). The normalized spacial score (nSPS) is 32.3. The minimum absolute atomic E-state index is 0.146. The first-order chi connectivity index (χ1) is 12.1. The van der Waals surface area contributed by atoms with Crippen molar-refractivity contribution in [2.24, 2.45) is 22.9 Å². The first-order valence-corrected chi connectivity index (χ1v) is 9.71. The summed E-state index contributed by atoms with van der Waals surface area (Å²) < 4.78 is 6.45. The van der Waals surface area contributed by atoms with Gasteiger partial charge >= 0.3 is 0 Å². The Kier molecular flexibility index (Phi) is 5.95.